The van der Waals surface area contributed by atoms with Gasteiger partial charge in [-0.25, -0.2) is 0 Å². The summed E-state index contributed by atoms with van der Waals surface area (Å²) in [7, 11) is 0. The van der Waals surface area contributed by atoms with Gasteiger partial charge in [-0.3, -0.25) is 9.59 Å². The Hall–Kier alpha value is -3.34. The Bertz CT molecular complexity index is 1010. The minimum atomic E-state index is -0.351. The Balaban J connectivity index is 1.68. The van der Waals surface area contributed by atoms with Crippen LogP contribution in [0.15, 0.2) is 65.3 Å². The van der Waals surface area contributed by atoms with Gasteiger partial charge in [0.2, 0.25) is 0 Å². The Labute approximate surface area is 177 Å². The zero-order valence-electron chi connectivity index (χ0n) is 17.9. The highest BCUT2D eigenvalue weighted by Gasteiger charge is 2.15. The fourth-order valence-electron chi connectivity index (χ4n) is 3.27. The standard InChI is InChI=1S/C25H28N2O3/c1-16(2)14-19-8-11-20(12-9-19)18(4)26-24(28)21-10-7-17(3)22(15-21)27-25(29)23-6-5-13-30-23/h5-13,15-16,18H,14H2,1-4H3,(H,26,28)(H,27,29). The molecule has 2 amide bonds. The number of carbonyl (C=O) groups is 2. The second-order valence-electron chi connectivity index (χ2n) is 8.00. The first-order valence-electron chi connectivity index (χ1n) is 10.2. The molecule has 2 aromatic carbocycles. The summed E-state index contributed by atoms with van der Waals surface area (Å²) in [6, 6.07) is 16.7. The Morgan fingerprint density at radius 3 is 2.33 bits per heavy atom. The van der Waals surface area contributed by atoms with Gasteiger partial charge in [0.05, 0.1) is 12.3 Å². The first-order chi connectivity index (χ1) is 14.3. The molecule has 0 saturated carbocycles. The van der Waals surface area contributed by atoms with Crippen molar-refractivity contribution in [1.29, 1.82) is 0 Å². The lowest BCUT2D eigenvalue weighted by Crippen LogP contribution is -2.26. The van der Waals surface area contributed by atoms with Crippen molar-refractivity contribution in [2.45, 2.75) is 40.2 Å². The van der Waals surface area contributed by atoms with Crippen molar-refractivity contribution in [3.05, 3.63) is 88.9 Å². The van der Waals surface area contributed by atoms with E-state index in [0.717, 1.165) is 17.5 Å². The molecule has 2 N–H and O–H groups in total. The van der Waals surface area contributed by atoms with Crippen LogP contribution in [0.25, 0.3) is 0 Å². The van der Waals surface area contributed by atoms with Crippen LogP contribution in [0.1, 0.15) is 64.4 Å². The molecular formula is C25H28N2O3. The smallest absolute Gasteiger partial charge is 0.291 e. The molecule has 5 heteroatoms. The van der Waals surface area contributed by atoms with Crippen LogP contribution < -0.4 is 10.6 Å². The average Bonchev–Trinajstić information content (AvgIpc) is 3.24. The number of hydrogen-bond donors (Lipinski definition) is 2. The fraction of sp³-hybridized carbons (Fsp3) is 0.280. The molecule has 1 unspecified atom stereocenters. The lowest BCUT2D eigenvalue weighted by molar-refractivity contribution is 0.0938. The summed E-state index contributed by atoms with van der Waals surface area (Å²) >= 11 is 0. The molecule has 0 aliphatic carbocycles. The van der Waals surface area contributed by atoms with Crippen molar-refractivity contribution >= 4 is 17.5 Å². The number of hydrogen-bond acceptors (Lipinski definition) is 3. The molecule has 30 heavy (non-hydrogen) atoms. The van der Waals surface area contributed by atoms with Crippen molar-refractivity contribution < 1.29 is 14.0 Å². The van der Waals surface area contributed by atoms with Crippen LogP contribution in [0.4, 0.5) is 5.69 Å². The van der Waals surface area contributed by atoms with E-state index < -0.39 is 0 Å². The number of benzene rings is 2. The molecule has 1 heterocycles. The summed E-state index contributed by atoms with van der Waals surface area (Å²) in [5.74, 6) is 0.286. The summed E-state index contributed by atoms with van der Waals surface area (Å²) < 4.78 is 5.12. The third kappa shape index (κ3) is 5.38. The topological polar surface area (TPSA) is 71.3 Å². The summed E-state index contributed by atoms with van der Waals surface area (Å²) in [5.41, 5.74) is 4.27. The lowest BCUT2D eigenvalue weighted by Gasteiger charge is -2.16. The van der Waals surface area contributed by atoms with Crippen LogP contribution in [0, 0.1) is 12.8 Å². The first-order valence-corrected chi connectivity index (χ1v) is 10.2. The minimum absolute atomic E-state index is 0.131. The molecule has 0 fully saturated rings. The number of furan rings is 1. The van der Waals surface area contributed by atoms with Gasteiger partial charge in [0, 0.05) is 11.3 Å². The molecule has 0 bridgehead atoms. The molecule has 0 aliphatic rings. The van der Waals surface area contributed by atoms with Crippen LogP contribution in [0.2, 0.25) is 0 Å². The highest BCUT2D eigenvalue weighted by Crippen LogP contribution is 2.20. The molecule has 0 saturated heterocycles. The zero-order chi connectivity index (χ0) is 21.7. The highest BCUT2D eigenvalue weighted by molar-refractivity contribution is 6.04. The van der Waals surface area contributed by atoms with Crippen molar-refractivity contribution in [3.63, 3.8) is 0 Å². The third-order valence-electron chi connectivity index (χ3n) is 4.96. The van der Waals surface area contributed by atoms with E-state index in [0.29, 0.717) is 17.2 Å². The molecule has 1 aromatic heterocycles. The Morgan fingerprint density at radius 1 is 0.967 bits per heavy atom. The molecule has 3 aromatic rings. The van der Waals surface area contributed by atoms with Crippen molar-refractivity contribution in [3.8, 4) is 0 Å². The van der Waals surface area contributed by atoms with Gasteiger partial charge in [0.25, 0.3) is 11.8 Å². The quantitative estimate of drug-likeness (QED) is 0.544. The molecule has 5 nitrogen and oxygen atoms in total. The monoisotopic (exact) mass is 404 g/mol. The molecule has 0 radical (unpaired) electrons. The van der Waals surface area contributed by atoms with Gasteiger partial charge >= 0.3 is 0 Å². The summed E-state index contributed by atoms with van der Waals surface area (Å²) in [4.78, 5) is 25.0. The lowest BCUT2D eigenvalue weighted by atomic mass is 9.99. The zero-order valence-corrected chi connectivity index (χ0v) is 17.9. The first kappa shape index (κ1) is 21.4. The van der Waals surface area contributed by atoms with Gasteiger partial charge in [-0.2, -0.15) is 0 Å². The van der Waals surface area contributed by atoms with E-state index in [1.165, 1.54) is 11.8 Å². The number of amides is 2. The summed E-state index contributed by atoms with van der Waals surface area (Å²) in [5, 5.41) is 5.83. The number of anilines is 1. The average molecular weight is 405 g/mol. The second kappa shape index (κ2) is 9.44. The number of carbonyl (C=O) groups excluding carboxylic acids is 2. The van der Waals surface area contributed by atoms with Gasteiger partial charge in [-0.1, -0.05) is 44.2 Å². The third-order valence-corrected chi connectivity index (χ3v) is 4.96. The van der Waals surface area contributed by atoms with Gasteiger partial charge in [0.15, 0.2) is 5.76 Å². The van der Waals surface area contributed by atoms with E-state index in [1.54, 1.807) is 24.3 Å². The maximum atomic E-state index is 12.8. The largest absolute Gasteiger partial charge is 0.459 e. The normalized spacial score (nSPS) is 11.9. The number of nitrogens with one attached hydrogen (secondary N) is 2. The van der Waals surface area contributed by atoms with Crippen LogP contribution in [0.3, 0.4) is 0 Å². The van der Waals surface area contributed by atoms with Gasteiger partial charge in [0.1, 0.15) is 0 Å². The second-order valence-corrected chi connectivity index (χ2v) is 8.00. The number of aryl methyl sites for hydroxylation is 1. The minimum Gasteiger partial charge on any atom is -0.459 e. The van der Waals surface area contributed by atoms with Crippen LogP contribution in [0.5, 0.6) is 0 Å². The maximum absolute atomic E-state index is 12.8. The molecule has 0 spiro atoms. The van der Waals surface area contributed by atoms with Crippen LogP contribution >= 0.6 is 0 Å². The van der Waals surface area contributed by atoms with E-state index in [1.807, 2.05) is 19.9 Å². The van der Waals surface area contributed by atoms with E-state index in [2.05, 4.69) is 48.7 Å². The summed E-state index contributed by atoms with van der Waals surface area (Å²) in [6.07, 6.45) is 2.49. The van der Waals surface area contributed by atoms with E-state index in [9.17, 15) is 9.59 Å². The van der Waals surface area contributed by atoms with Crippen molar-refractivity contribution in [2.24, 2.45) is 5.92 Å². The van der Waals surface area contributed by atoms with Gasteiger partial charge in [-0.15, -0.1) is 0 Å². The molecule has 3 rings (SSSR count). The van der Waals surface area contributed by atoms with Crippen molar-refractivity contribution in [1.82, 2.24) is 5.32 Å². The SMILES string of the molecule is Cc1ccc(C(=O)NC(C)c2ccc(CC(C)C)cc2)cc1NC(=O)c1ccco1. The predicted octanol–water partition coefficient (Wildman–Crippen LogP) is 5.53. The molecule has 156 valence electrons. The Kier molecular flexibility index (Phi) is 6.72. The fourth-order valence-corrected chi connectivity index (χ4v) is 3.27. The molecule has 0 aliphatic heterocycles. The van der Waals surface area contributed by atoms with Crippen molar-refractivity contribution in [2.75, 3.05) is 5.32 Å². The molecule has 1 atom stereocenters. The molecular weight excluding hydrogens is 376 g/mol. The predicted molar refractivity (Wildman–Crippen MR) is 119 cm³/mol. The van der Waals surface area contributed by atoms with E-state index in [-0.39, 0.29) is 23.6 Å². The van der Waals surface area contributed by atoms with Crippen LogP contribution in [-0.4, -0.2) is 11.8 Å². The summed E-state index contributed by atoms with van der Waals surface area (Å²) in [6.45, 7) is 8.23. The maximum Gasteiger partial charge on any atom is 0.291 e. The highest BCUT2D eigenvalue weighted by atomic mass is 16.3. The van der Waals surface area contributed by atoms with E-state index >= 15 is 0 Å². The van der Waals surface area contributed by atoms with E-state index in [4.69, 9.17) is 4.42 Å². The number of rotatable bonds is 7. The van der Waals surface area contributed by atoms with Gasteiger partial charge in [-0.05, 0) is 67.1 Å². The Morgan fingerprint density at radius 2 is 1.70 bits per heavy atom. The van der Waals surface area contributed by atoms with Crippen LogP contribution in [-0.2, 0) is 6.42 Å². The van der Waals surface area contributed by atoms with Gasteiger partial charge < -0.3 is 15.1 Å².